The Morgan fingerprint density at radius 1 is 1.58 bits per heavy atom. The number of amidine groups is 1. The lowest BCUT2D eigenvalue weighted by molar-refractivity contribution is 0.244. The summed E-state index contributed by atoms with van der Waals surface area (Å²) < 4.78 is 1.98. The normalized spacial score (nSPS) is 24.7. The van der Waals surface area contributed by atoms with E-state index >= 15 is 0 Å². The predicted molar refractivity (Wildman–Crippen MR) is 94.7 cm³/mol. The summed E-state index contributed by atoms with van der Waals surface area (Å²) in [6.45, 7) is 5.60. The molecule has 1 aromatic rings. The predicted octanol–water partition coefficient (Wildman–Crippen LogP) is 1.28. The van der Waals surface area contributed by atoms with Crippen molar-refractivity contribution in [2.45, 2.75) is 44.4 Å². The van der Waals surface area contributed by atoms with Crippen LogP contribution < -0.4 is 11.1 Å². The molecule has 0 saturated heterocycles. The minimum Gasteiger partial charge on any atom is -0.396 e. The molecular weight excluding hydrogens is 304 g/mol. The molecule has 0 bridgehead atoms. The van der Waals surface area contributed by atoms with Gasteiger partial charge in [0.1, 0.15) is 0 Å². The molecule has 4 N–H and O–H groups in total. The third kappa shape index (κ3) is 3.64. The number of rotatable bonds is 6. The second-order valence-electron chi connectivity index (χ2n) is 6.37. The third-order valence-electron chi connectivity index (χ3n) is 4.14. The quantitative estimate of drug-likeness (QED) is 0.317. The van der Waals surface area contributed by atoms with Crippen LogP contribution in [0.2, 0.25) is 0 Å². The maximum atomic E-state index is 9.34. The van der Waals surface area contributed by atoms with E-state index in [1.807, 2.05) is 17.6 Å². The Kier molecular flexibility index (Phi) is 4.94. The van der Waals surface area contributed by atoms with Crippen LogP contribution in [0.5, 0.6) is 0 Å². The molecule has 0 aromatic carbocycles. The number of hydrogen-bond acceptors (Lipinski definition) is 5. The average Bonchev–Trinajstić information content (AvgIpc) is 3.09. The van der Waals surface area contributed by atoms with E-state index in [0.717, 1.165) is 19.3 Å². The molecule has 3 rings (SSSR count). The number of nitrogens with two attached hydrogens (primary N) is 1. The van der Waals surface area contributed by atoms with Crippen LogP contribution >= 0.6 is 0 Å². The van der Waals surface area contributed by atoms with Crippen molar-refractivity contribution in [2.24, 2.45) is 21.6 Å². The second kappa shape index (κ2) is 7.13. The molecule has 2 aliphatic rings. The van der Waals surface area contributed by atoms with Gasteiger partial charge in [0.2, 0.25) is 0 Å². The lowest BCUT2D eigenvalue weighted by Gasteiger charge is -2.15. The number of imidazole rings is 1. The molecule has 24 heavy (non-hydrogen) atoms. The third-order valence-corrected chi connectivity index (χ3v) is 4.14. The van der Waals surface area contributed by atoms with Crippen molar-refractivity contribution >= 4 is 17.5 Å². The highest BCUT2D eigenvalue weighted by Gasteiger charge is 2.27. The van der Waals surface area contributed by atoms with Crippen LogP contribution in [0.25, 0.3) is 0 Å². The fourth-order valence-corrected chi connectivity index (χ4v) is 2.81. The van der Waals surface area contributed by atoms with Gasteiger partial charge in [-0.1, -0.05) is 12.2 Å². The largest absolute Gasteiger partial charge is 0.396 e. The fourth-order valence-electron chi connectivity index (χ4n) is 2.81. The zero-order valence-electron chi connectivity index (χ0n) is 13.9. The molecule has 2 aliphatic carbocycles. The molecule has 3 atom stereocenters. The molecule has 1 unspecified atom stereocenters. The molecule has 0 radical (unpaired) electrons. The maximum Gasteiger partial charge on any atom is 0.173 e. The number of allylic oxidation sites excluding steroid dienone is 1. The van der Waals surface area contributed by atoms with Crippen molar-refractivity contribution in [3.63, 3.8) is 0 Å². The first-order chi connectivity index (χ1) is 11.6. The molecule has 128 valence electrons. The van der Waals surface area contributed by atoms with Crippen LogP contribution in [0.3, 0.4) is 0 Å². The first-order valence-electron chi connectivity index (χ1n) is 8.31. The van der Waals surface area contributed by atoms with Crippen LogP contribution in [-0.2, 0) is 0 Å². The van der Waals surface area contributed by atoms with Gasteiger partial charge in [0.25, 0.3) is 0 Å². The second-order valence-corrected chi connectivity index (χ2v) is 6.37. The highest BCUT2D eigenvalue weighted by molar-refractivity contribution is 6.01. The molecule has 7 nitrogen and oxygen atoms in total. The van der Waals surface area contributed by atoms with E-state index in [9.17, 15) is 5.11 Å². The lowest BCUT2D eigenvalue weighted by atomic mass is 10.1. The molecule has 0 amide bonds. The standard InChI is InChI=1S/C17H24N6O/c1-3-19-17-15(16(21-11(2)18)22-13-5-6-13)20-10-23(17)14-7-4-12(8-14)9-24/h4,7,10-14,24H,1,5-6,8-9,18H2,2H3,(H,21,22)/t11-,12-,14?/m1/s1. The molecule has 0 aliphatic heterocycles. The topological polar surface area (TPSA) is 101 Å². The first kappa shape index (κ1) is 16.6. The Bertz CT molecular complexity index is 694. The molecule has 1 fully saturated rings. The minimum absolute atomic E-state index is 0.105. The number of aliphatic hydroxyl groups is 1. The van der Waals surface area contributed by atoms with Gasteiger partial charge in [-0.3, -0.25) is 4.99 Å². The van der Waals surface area contributed by atoms with Gasteiger partial charge < -0.3 is 20.7 Å². The summed E-state index contributed by atoms with van der Waals surface area (Å²) in [5.74, 6) is 4.10. The van der Waals surface area contributed by atoms with Gasteiger partial charge in [-0.05, 0) is 38.6 Å². The van der Waals surface area contributed by atoms with Crippen molar-refractivity contribution in [2.75, 3.05) is 6.61 Å². The SMILES string of the molecule is C=C=Nc1c(C(=NC2CC2)N[C@H](C)N)ncn1C1C=C[C@@H](CO)C1. The Morgan fingerprint density at radius 2 is 2.38 bits per heavy atom. The summed E-state index contributed by atoms with van der Waals surface area (Å²) in [5.41, 5.74) is 6.56. The van der Waals surface area contributed by atoms with Gasteiger partial charge in [-0.25, -0.2) is 4.98 Å². The van der Waals surface area contributed by atoms with E-state index in [2.05, 4.69) is 33.8 Å². The van der Waals surface area contributed by atoms with Gasteiger partial charge in [-0.15, -0.1) is 0 Å². The number of nitrogens with one attached hydrogen (secondary N) is 1. The Balaban J connectivity index is 1.96. The highest BCUT2D eigenvalue weighted by Crippen LogP contribution is 2.33. The van der Waals surface area contributed by atoms with E-state index in [4.69, 9.17) is 10.7 Å². The lowest BCUT2D eigenvalue weighted by Crippen LogP contribution is -2.40. The van der Waals surface area contributed by atoms with Crippen molar-refractivity contribution < 1.29 is 5.11 Å². The number of aliphatic imine (C=N–C) groups is 2. The van der Waals surface area contributed by atoms with Crippen molar-refractivity contribution in [3.05, 3.63) is 30.8 Å². The van der Waals surface area contributed by atoms with Gasteiger partial charge in [0.05, 0.1) is 24.6 Å². The summed E-state index contributed by atoms with van der Waals surface area (Å²) in [6, 6.07) is 0.440. The highest BCUT2D eigenvalue weighted by atomic mass is 16.3. The molecular formula is C17H24N6O. The van der Waals surface area contributed by atoms with Gasteiger partial charge in [0.15, 0.2) is 17.3 Å². The van der Waals surface area contributed by atoms with E-state index in [-0.39, 0.29) is 24.7 Å². The number of aromatic nitrogens is 2. The number of nitrogens with zero attached hydrogens (tertiary/aromatic N) is 4. The van der Waals surface area contributed by atoms with E-state index < -0.39 is 0 Å². The molecule has 1 aromatic heterocycles. The summed E-state index contributed by atoms with van der Waals surface area (Å²) >= 11 is 0. The van der Waals surface area contributed by atoms with Crippen molar-refractivity contribution in [3.8, 4) is 0 Å². The zero-order chi connectivity index (χ0) is 17.1. The summed E-state index contributed by atoms with van der Waals surface area (Å²) in [4.78, 5) is 13.5. The average molecular weight is 328 g/mol. The monoisotopic (exact) mass is 328 g/mol. The smallest absolute Gasteiger partial charge is 0.173 e. The molecule has 0 spiro atoms. The molecule has 7 heteroatoms. The van der Waals surface area contributed by atoms with E-state index in [1.165, 1.54) is 0 Å². The Morgan fingerprint density at radius 3 is 2.96 bits per heavy atom. The number of hydrogen-bond donors (Lipinski definition) is 3. The van der Waals surface area contributed by atoms with Crippen LogP contribution in [0.4, 0.5) is 5.82 Å². The van der Waals surface area contributed by atoms with Crippen LogP contribution in [0, 0.1) is 5.92 Å². The Hall–Kier alpha value is -2.21. The van der Waals surface area contributed by atoms with Crippen LogP contribution in [0.15, 0.2) is 35.0 Å². The molecule has 1 saturated carbocycles. The van der Waals surface area contributed by atoms with E-state index in [0.29, 0.717) is 23.4 Å². The van der Waals surface area contributed by atoms with Crippen molar-refractivity contribution in [1.29, 1.82) is 0 Å². The summed E-state index contributed by atoms with van der Waals surface area (Å²) in [6.07, 6.45) is 8.63. The minimum atomic E-state index is -0.238. The van der Waals surface area contributed by atoms with Gasteiger partial charge >= 0.3 is 0 Å². The summed E-state index contributed by atoms with van der Waals surface area (Å²) in [5, 5.41) is 12.5. The maximum absolute atomic E-state index is 9.34. The van der Waals surface area contributed by atoms with Gasteiger partial charge in [-0.2, -0.15) is 4.99 Å². The fraction of sp³-hybridized carbons (Fsp3) is 0.529. The zero-order valence-corrected chi connectivity index (χ0v) is 13.9. The van der Waals surface area contributed by atoms with E-state index in [1.54, 1.807) is 6.33 Å². The van der Waals surface area contributed by atoms with Crippen molar-refractivity contribution in [1.82, 2.24) is 14.9 Å². The first-order valence-corrected chi connectivity index (χ1v) is 8.31. The van der Waals surface area contributed by atoms with Gasteiger partial charge in [0, 0.05) is 12.5 Å². The molecule has 1 heterocycles. The summed E-state index contributed by atoms with van der Waals surface area (Å²) in [7, 11) is 0. The number of aliphatic hydroxyl groups excluding tert-OH is 1. The van der Waals surface area contributed by atoms with Crippen LogP contribution in [-0.4, -0.2) is 45.2 Å². The van der Waals surface area contributed by atoms with Crippen LogP contribution in [0.1, 0.15) is 37.9 Å². The Labute approximate surface area is 141 Å².